The summed E-state index contributed by atoms with van der Waals surface area (Å²) in [6.07, 6.45) is -0.374. The first kappa shape index (κ1) is 17.6. The Morgan fingerprint density at radius 1 is 1.21 bits per heavy atom. The van der Waals surface area contributed by atoms with Crippen LogP contribution < -0.4 is 5.32 Å². The number of anilines is 1. The molecule has 1 aliphatic heterocycles. The summed E-state index contributed by atoms with van der Waals surface area (Å²) < 4.78 is 15.1. The van der Waals surface area contributed by atoms with Gasteiger partial charge in [0.15, 0.2) is 0 Å². The van der Waals surface area contributed by atoms with Gasteiger partial charge in [-0.05, 0) is 56.1 Å². The van der Waals surface area contributed by atoms with E-state index < -0.39 is 11.9 Å². The molecule has 3 rings (SSSR count). The first-order chi connectivity index (χ1) is 11.4. The second kappa shape index (κ2) is 7.33. The second-order valence-electron chi connectivity index (χ2n) is 5.08. The van der Waals surface area contributed by atoms with Crippen molar-refractivity contribution in [3.63, 3.8) is 0 Å². The van der Waals surface area contributed by atoms with Crippen molar-refractivity contribution in [2.45, 2.75) is 12.5 Å². The standard InChI is InChI=1S/C16H10Br3FN2O2/c17-9-3-1-2-8(4-9)13-7-14(24-22-13)16(23)21-15-11(18)5-10(20)6-12(15)19/h1-6,14H,7H2,(H,21,23). The number of carbonyl (C=O) groups excluding carboxylic acids is 1. The third-order valence-electron chi connectivity index (χ3n) is 3.37. The largest absolute Gasteiger partial charge is 0.382 e. The van der Waals surface area contributed by atoms with E-state index in [0.717, 1.165) is 10.0 Å². The summed E-state index contributed by atoms with van der Waals surface area (Å²) in [6, 6.07) is 10.2. The van der Waals surface area contributed by atoms with E-state index in [1.54, 1.807) is 0 Å². The van der Waals surface area contributed by atoms with Gasteiger partial charge >= 0.3 is 0 Å². The lowest BCUT2D eigenvalue weighted by atomic mass is 10.0. The van der Waals surface area contributed by atoms with Crippen molar-refractivity contribution in [3.8, 4) is 0 Å². The van der Waals surface area contributed by atoms with Gasteiger partial charge in [-0.3, -0.25) is 4.79 Å². The molecule has 24 heavy (non-hydrogen) atoms. The summed E-state index contributed by atoms with van der Waals surface area (Å²) in [5.74, 6) is -0.763. The minimum absolute atomic E-state index is 0.350. The highest BCUT2D eigenvalue weighted by atomic mass is 79.9. The monoisotopic (exact) mass is 518 g/mol. The summed E-state index contributed by atoms with van der Waals surface area (Å²) in [5, 5.41) is 6.73. The van der Waals surface area contributed by atoms with Crippen LogP contribution in [0.2, 0.25) is 0 Å². The van der Waals surface area contributed by atoms with Gasteiger partial charge in [0.2, 0.25) is 6.10 Å². The second-order valence-corrected chi connectivity index (χ2v) is 7.70. The maximum Gasteiger partial charge on any atom is 0.268 e. The predicted octanol–water partition coefficient (Wildman–Crippen LogP) is 5.24. The van der Waals surface area contributed by atoms with E-state index in [4.69, 9.17) is 4.84 Å². The lowest BCUT2D eigenvalue weighted by Crippen LogP contribution is -2.28. The maximum absolute atomic E-state index is 13.3. The number of hydrogen-bond donors (Lipinski definition) is 1. The molecule has 0 aliphatic carbocycles. The number of carbonyl (C=O) groups is 1. The molecule has 1 N–H and O–H groups in total. The minimum Gasteiger partial charge on any atom is -0.382 e. The summed E-state index contributed by atoms with van der Waals surface area (Å²) in [6.45, 7) is 0. The van der Waals surface area contributed by atoms with Gasteiger partial charge in [-0.1, -0.05) is 33.2 Å². The molecule has 4 nitrogen and oxygen atoms in total. The molecule has 1 atom stereocenters. The zero-order valence-electron chi connectivity index (χ0n) is 12.0. The van der Waals surface area contributed by atoms with Gasteiger partial charge in [-0.25, -0.2) is 4.39 Å². The van der Waals surface area contributed by atoms with E-state index in [1.165, 1.54) is 12.1 Å². The van der Waals surface area contributed by atoms with Crippen molar-refractivity contribution in [2.75, 3.05) is 5.32 Å². The van der Waals surface area contributed by atoms with Gasteiger partial charge in [0, 0.05) is 25.4 Å². The molecule has 8 heteroatoms. The molecule has 1 unspecified atom stereocenters. The maximum atomic E-state index is 13.3. The highest BCUT2D eigenvalue weighted by molar-refractivity contribution is 9.11. The van der Waals surface area contributed by atoms with Crippen LogP contribution in [0.25, 0.3) is 0 Å². The Hall–Kier alpha value is -1.25. The van der Waals surface area contributed by atoms with E-state index in [0.29, 0.717) is 26.8 Å². The zero-order valence-corrected chi connectivity index (χ0v) is 16.8. The quantitative estimate of drug-likeness (QED) is 0.601. The first-order valence-electron chi connectivity index (χ1n) is 6.88. The highest BCUT2D eigenvalue weighted by Crippen LogP contribution is 2.32. The number of hydrogen-bond acceptors (Lipinski definition) is 3. The molecule has 2 aromatic rings. The van der Waals surface area contributed by atoms with Crippen LogP contribution in [0.3, 0.4) is 0 Å². The van der Waals surface area contributed by atoms with Crippen LogP contribution in [0.5, 0.6) is 0 Å². The number of nitrogens with one attached hydrogen (secondary N) is 1. The molecule has 1 amide bonds. The number of amides is 1. The number of halogens is 4. The topological polar surface area (TPSA) is 50.7 Å². The summed E-state index contributed by atoms with van der Waals surface area (Å²) in [4.78, 5) is 17.6. The molecule has 0 spiro atoms. The molecular weight excluding hydrogens is 511 g/mol. The lowest BCUT2D eigenvalue weighted by molar-refractivity contribution is -0.125. The predicted molar refractivity (Wildman–Crippen MR) is 101 cm³/mol. The van der Waals surface area contributed by atoms with E-state index in [1.807, 2.05) is 24.3 Å². The number of nitrogens with zero attached hydrogens (tertiary/aromatic N) is 1. The van der Waals surface area contributed by atoms with Crippen molar-refractivity contribution in [2.24, 2.45) is 5.16 Å². The van der Waals surface area contributed by atoms with Gasteiger partial charge in [0.25, 0.3) is 5.91 Å². The Balaban J connectivity index is 1.70. The average Bonchev–Trinajstić information content (AvgIpc) is 3.00. The molecule has 0 aromatic heterocycles. The van der Waals surface area contributed by atoms with Gasteiger partial charge in [-0.15, -0.1) is 0 Å². The average molecular weight is 521 g/mol. The van der Waals surface area contributed by atoms with Crippen LogP contribution >= 0.6 is 47.8 Å². The Morgan fingerprint density at radius 3 is 2.58 bits per heavy atom. The normalized spacial score (nSPS) is 16.5. The van der Waals surface area contributed by atoms with Crippen LogP contribution in [0.4, 0.5) is 10.1 Å². The van der Waals surface area contributed by atoms with Crippen LogP contribution in [-0.2, 0) is 9.63 Å². The third kappa shape index (κ3) is 3.87. The Morgan fingerprint density at radius 2 is 1.92 bits per heavy atom. The van der Waals surface area contributed by atoms with Crippen LogP contribution in [0.15, 0.2) is 55.0 Å². The molecule has 1 heterocycles. The summed E-state index contributed by atoms with van der Waals surface area (Å²) in [5.41, 5.74) is 2.04. The molecule has 0 saturated heterocycles. The Bertz CT molecular complexity index is 819. The van der Waals surface area contributed by atoms with Crippen LogP contribution in [-0.4, -0.2) is 17.7 Å². The van der Waals surface area contributed by atoms with Gasteiger partial charge in [-0.2, -0.15) is 0 Å². The number of benzene rings is 2. The molecule has 0 fully saturated rings. The summed E-state index contributed by atoms with van der Waals surface area (Å²) in [7, 11) is 0. The SMILES string of the molecule is O=C(Nc1c(Br)cc(F)cc1Br)C1CC(c2cccc(Br)c2)=NO1. The molecule has 0 radical (unpaired) electrons. The number of oxime groups is 1. The molecule has 1 aliphatic rings. The van der Waals surface area contributed by atoms with Crippen molar-refractivity contribution >= 4 is 65.1 Å². The lowest BCUT2D eigenvalue weighted by Gasteiger charge is -2.12. The fourth-order valence-corrected chi connectivity index (χ4v) is 3.95. The highest BCUT2D eigenvalue weighted by Gasteiger charge is 2.29. The Kier molecular flexibility index (Phi) is 5.36. The Labute approximate surface area is 162 Å². The van der Waals surface area contributed by atoms with E-state index in [-0.39, 0.29) is 5.91 Å². The van der Waals surface area contributed by atoms with E-state index in [9.17, 15) is 9.18 Å². The van der Waals surface area contributed by atoms with Gasteiger partial charge in [0.1, 0.15) is 5.82 Å². The van der Waals surface area contributed by atoms with Crippen LogP contribution in [0, 0.1) is 5.82 Å². The van der Waals surface area contributed by atoms with Crippen LogP contribution in [0.1, 0.15) is 12.0 Å². The zero-order chi connectivity index (χ0) is 17.3. The van der Waals surface area contributed by atoms with Gasteiger partial charge < -0.3 is 10.2 Å². The third-order valence-corrected chi connectivity index (χ3v) is 5.12. The van der Waals surface area contributed by atoms with E-state index in [2.05, 4.69) is 58.3 Å². The minimum atomic E-state index is -0.733. The van der Waals surface area contributed by atoms with Crippen molar-refractivity contribution < 1.29 is 14.0 Å². The molecular formula is C16H10Br3FN2O2. The fraction of sp³-hybridized carbons (Fsp3) is 0.125. The van der Waals surface area contributed by atoms with E-state index >= 15 is 0 Å². The van der Waals surface area contributed by atoms with Crippen molar-refractivity contribution in [3.05, 3.63) is 61.2 Å². The summed E-state index contributed by atoms with van der Waals surface area (Å²) >= 11 is 9.87. The smallest absolute Gasteiger partial charge is 0.268 e. The molecule has 0 bridgehead atoms. The van der Waals surface area contributed by atoms with Gasteiger partial charge in [0.05, 0.1) is 11.4 Å². The molecule has 124 valence electrons. The molecule has 0 saturated carbocycles. The van der Waals surface area contributed by atoms with Crippen molar-refractivity contribution in [1.29, 1.82) is 0 Å². The number of rotatable bonds is 3. The molecule has 2 aromatic carbocycles. The first-order valence-corrected chi connectivity index (χ1v) is 9.26. The van der Waals surface area contributed by atoms with Crippen molar-refractivity contribution in [1.82, 2.24) is 0 Å². The fourth-order valence-electron chi connectivity index (χ4n) is 2.22.